The molecule has 0 aromatic carbocycles. The van der Waals surface area contributed by atoms with Crippen molar-refractivity contribution >= 4 is 31.9 Å². The number of hydrogen-bond acceptors (Lipinski definition) is 2. The molecule has 0 radical (unpaired) electrons. The fourth-order valence-electron chi connectivity index (χ4n) is 5.49. The molecule has 0 saturated carbocycles. The normalized spacial score (nSPS) is 13.2. The van der Waals surface area contributed by atoms with E-state index in [0.29, 0.717) is 0 Å². The summed E-state index contributed by atoms with van der Waals surface area (Å²) in [5.74, 6) is 0. The molecule has 0 fully saturated rings. The van der Waals surface area contributed by atoms with E-state index in [9.17, 15) is 0 Å². The van der Waals surface area contributed by atoms with Gasteiger partial charge in [-0.15, -0.1) is 0 Å². The third-order valence-corrected chi connectivity index (χ3v) is 9.44. The minimum Gasteiger partial charge on any atom is -0.353 e. The predicted molar refractivity (Wildman–Crippen MR) is 187 cm³/mol. The van der Waals surface area contributed by atoms with Crippen LogP contribution in [0.1, 0.15) is 206 Å². The molecule has 4 heteroatoms. The summed E-state index contributed by atoms with van der Waals surface area (Å²) in [4.78, 5) is 0. The lowest BCUT2D eigenvalue weighted by Gasteiger charge is -2.22. The van der Waals surface area contributed by atoms with Crippen LogP contribution in [0.25, 0.3) is 0 Å². The largest absolute Gasteiger partial charge is 0.353 e. The summed E-state index contributed by atoms with van der Waals surface area (Å²) >= 11 is 7.35. The molecule has 0 aromatic rings. The first-order valence-electron chi connectivity index (χ1n) is 18.2. The van der Waals surface area contributed by atoms with Gasteiger partial charge in [0.2, 0.25) is 0 Å². The molecule has 0 spiro atoms. The first kappa shape index (κ1) is 40.9. The molecule has 0 rings (SSSR count). The third-order valence-electron chi connectivity index (χ3n) is 8.21. The van der Waals surface area contributed by atoms with Crippen LogP contribution in [0.5, 0.6) is 0 Å². The van der Waals surface area contributed by atoms with E-state index in [2.05, 4.69) is 45.7 Å². The second kappa shape index (κ2) is 36.1. The van der Waals surface area contributed by atoms with Crippen molar-refractivity contribution in [1.29, 1.82) is 0 Å². The van der Waals surface area contributed by atoms with Gasteiger partial charge in [0.25, 0.3) is 0 Å². The van der Waals surface area contributed by atoms with Crippen molar-refractivity contribution in [2.75, 3.05) is 11.9 Å². The highest BCUT2D eigenvalue weighted by Gasteiger charge is 2.15. The SMILES string of the molecule is CCCCCCCCCCCC(Br)OC(CCCCCCCCCCC)OCCCCCCCCCCCCBr. The van der Waals surface area contributed by atoms with E-state index >= 15 is 0 Å². The fourth-order valence-corrected chi connectivity index (χ4v) is 6.45. The van der Waals surface area contributed by atoms with Gasteiger partial charge >= 0.3 is 0 Å². The molecule has 40 heavy (non-hydrogen) atoms. The van der Waals surface area contributed by atoms with Gasteiger partial charge in [-0.1, -0.05) is 200 Å². The molecular weight excluding hydrogens is 624 g/mol. The molecule has 0 aliphatic carbocycles. The molecule has 242 valence electrons. The maximum Gasteiger partial charge on any atom is 0.159 e. The van der Waals surface area contributed by atoms with Crippen LogP contribution < -0.4 is 0 Å². The maximum atomic E-state index is 6.39. The highest BCUT2D eigenvalue weighted by Crippen LogP contribution is 2.21. The van der Waals surface area contributed by atoms with Crippen LogP contribution in [0.2, 0.25) is 0 Å². The lowest BCUT2D eigenvalue weighted by atomic mass is 10.1. The van der Waals surface area contributed by atoms with E-state index in [0.717, 1.165) is 24.8 Å². The Hall–Kier alpha value is 0.880. The number of rotatable bonds is 35. The topological polar surface area (TPSA) is 18.5 Å². The van der Waals surface area contributed by atoms with Gasteiger partial charge in [0, 0.05) is 11.9 Å². The van der Waals surface area contributed by atoms with Gasteiger partial charge in [0.1, 0.15) is 5.01 Å². The van der Waals surface area contributed by atoms with Crippen molar-refractivity contribution in [3.05, 3.63) is 0 Å². The Labute approximate surface area is 269 Å². The van der Waals surface area contributed by atoms with Crippen molar-refractivity contribution in [2.45, 2.75) is 218 Å². The summed E-state index contributed by atoms with van der Waals surface area (Å²) in [5.41, 5.74) is 0. The zero-order valence-corrected chi connectivity index (χ0v) is 30.5. The number of unbranched alkanes of at least 4 members (excludes halogenated alkanes) is 25. The van der Waals surface area contributed by atoms with Crippen LogP contribution in [-0.2, 0) is 9.47 Å². The number of hydrogen-bond donors (Lipinski definition) is 0. The molecule has 0 N–H and O–H groups in total. The Bertz CT molecular complexity index is 449. The summed E-state index contributed by atoms with van der Waals surface area (Å²) in [6, 6.07) is 0. The highest BCUT2D eigenvalue weighted by atomic mass is 79.9. The summed E-state index contributed by atoms with van der Waals surface area (Å²) in [7, 11) is 0. The van der Waals surface area contributed by atoms with E-state index in [1.54, 1.807) is 0 Å². The molecule has 0 aromatic heterocycles. The van der Waals surface area contributed by atoms with E-state index in [1.165, 1.54) is 180 Å². The van der Waals surface area contributed by atoms with Gasteiger partial charge in [0.15, 0.2) is 6.29 Å². The van der Waals surface area contributed by atoms with Crippen molar-refractivity contribution in [3.63, 3.8) is 0 Å². The third kappa shape index (κ3) is 33.4. The van der Waals surface area contributed by atoms with Gasteiger partial charge in [-0.05, 0) is 38.5 Å². The Morgan fingerprint density at radius 1 is 0.425 bits per heavy atom. The van der Waals surface area contributed by atoms with Crippen molar-refractivity contribution in [3.8, 4) is 0 Å². The lowest BCUT2D eigenvalue weighted by molar-refractivity contribution is -0.155. The monoisotopic (exact) mass is 694 g/mol. The average molecular weight is 697 g/mol. The molecule has 2 atom stereocenters. The van der Waals surface area contributed by atoms with Gasteiger partial charge in [0.05, 0.1) is 0 Å². The Kier molecular flexibility index (Phi) is 36.9. The quantitative estimate of drug-likeness (QED) is 0.0373. The molecule has 0 aliphatic rings. The first-order chi connectivity index (χ1) is 19.7. The van der Waals surface area contributed by atoms with E-state index in [-0.39, 0.29) is 11.3 Å². The second-order valence-electron chi connectivity index (χ2n) is 12.3. The van der Waals surface area contributed by atoms with E-state index < -0.39 is 0 Å². The van der Waals surface area contributed by atoms with Crippen LogP contribution in [0.3, 0.4) is 0 Å². The fraction of sp³-hybridized carbons (Fsp3) is 1.00. The van der Waals surface area contributed by atoms with Crippen LogP contribution in [-0.4, -0.2) is 23.2 Å². The maximum absolute atomic E-state index is 6.39. The van der Waals surface area contributed by atoms with E-state index in [4.69, 9.17) is 9.47 Å². The Morgan fingerprint density at radius 2 is 0.775 bits per heavy atom. The second-order valence-corrected chi connectivity index (χ2v) is 14.1. The van der Waals surface area contributed by atoms with Gasteiger partial charge in [-0.3, -0.25) is 0 Å². The van der Waals surface area contributed by atoms with Crippen LogP contribution in [0.15, 0.2) is 0 Å². The summed E-state index contributed by atoms with van der Waals surface area (Å²) in [5, 5.41) is 1.30. The molecule has 0 bridgehead atoms. The van der Waals surface area contributed by atoms with Crippen molar-refractivity contribution in [2.24, 2.45) is 0 Å². The van der Waals surface area contributed by atoms with Gasteiger partial charge in [-0.2, -0.15) is 0 Å². The molecule has 0 aliphatic heterocycles. The van der Waals surface area contributed by atoms with Crippen molar-refractivity contribution < 1.29 is 9.47 Å². The zero-order chi connectivity index (χ0) is 29.2. The summed E-state index contributed by atoms with van der Waals surface area (Å²) in [6.45, 7) is 5.44. The minimum absolute atomic E-state index is 0.0352. The van der Waals surface area contributed by atoms with E-state index in [1.807, 2.05) is 0 Å². The molecule has 2 nitrogen and oxygen atoms in total. The van der Waals surface area contributed by atoms with Crippen LogP contribution >= 0.6 is 31.9 Å². The van der Waals surface area contributed by atoms with Gasteiger partial charge < -0.3 is 9.47 Å². The predicted octanol–water partition coefficient (Wildman–Crippen LogP) is 14.2. The molecule has 0 saturated heterocycles. The number of ether oxygens (including phenoxy) is 2. The number of alkyl halides is 2. The molecular formula is C36H72Br2O2. The lowest BCUT2D eigenvalue weighted by Crippen LogP contribution is -2.22. The molecule has 0 amide bonds. The van der Waals surface area contributed by atoms with Crippen molar-refractivity contribution in [1.82, 2.24) is 0 Å². The summed E-state index contributed by atoms with van der Waals surface area (Å²) in [6.07, 6.45) is 40.4. The average Bonchev–Trinajstić information content (AvgIpc) is 2.95. The van der Waals surface area contributed by atoms with Crippen LogP contribution in [0.4, 0.5) is 0 Å². The Balaban J connectivity index is 4.02. The van der Waals surface area contributed by atoms with Gasteiger partial charge in [-0.25, -0.2) is 0 Å². The summed E-state index contributed by atoms with van der Waals surface area (Å²) < 4.78 is 12.7. The standard InChI is InChI=1S/C36H72Br2O2/c1-3-5-7-9-11-15-19-23-27-31-35(38)40-36(32-28-24-20-16-12-10-8-6-4-2)39-34-30-26-22-18-14-13-17-21-25-29-33-37/h35-36H,3-34H2,1-2H3. The molecule has 2 unspecified atom stereocenters. The van der Waals surface area contributed by atoms with Crippen LogP contribution in [0, 0.1) is 0 Å². The highest BCUT2D eigenvalue weighted by molar-refractivity contribution is 9.09. The number of halogens is 2. The molecule has 0 heterocycles. The first-order valence-corrected chi connectivity index (χ1v) is 20.2. The Morgan fingerprint density at radius 3 is 1.20 bits per heavy atom. The smallest absolute Gasteiger partial charge is 0.159 e. The minimum atomic E-state index is -0.0352. The zero-order valence-electron chi connectivity index (χ0n) is 27.4.